The van der Waals surface area contributed by atoms with E-state index in [2.05, 4.69) is 19.8 Å². The zero-order chi connectivity index (χ0) is 26.7. The van der Waals surface area contributed by atoms with E-state index in [0.29, 0.717) is 32.0 Å². The molecule has 0 radical (unpaired) electrons. The van der Waals surface area contributed by atoms with E-state index < -0.39 is 22.6 Å². The molecule has 8 nitrogen and oxygen atoms in total. The van der Waals surface area contributed by atoms with Crippen molar-refractivity contribution in [2.75, 3.05) is 37.7 Å². The molecule has 0 spiro atoms. The Balaban J connectivity index is 1.20. The number of piperidine rings is 1. The maximum Gasteiger partial charge on any atom is 0.279 e. The van der Waals surface area contributed by atoms with Crippen molar-refractivity contribution in [3.8, 4) is 0 Å². The number of hydrogen-bond acceptors (Lipinski definition) is 6. The number of anilines is 1. The van der Waals surface area contributed by atoms with E-state index >= 15 is 0 Å². The van der Waals surface area contributed by atoms with Crippen LogP contribution in [-0.4, -0.2) is 74.3 Å². The first-order valence-corrected chi connectivity index (χ1v) is 14.7. The van der Waals surface area contributed by atoms with Crippen LogP contribution in [-0.2, 0) is 14.9 Å². The summed E-state index contributed by atoms with van der Waals surface area (Å²) in [4.78, 5) is 2.07. The lowest BCUT2D eigenvalue weighted by atomic mass is 9.82. The monoisotopic (exact) mass is 553 g/mol. The van der Waals surface area contributed by atoms with Crippen molar-refractivity contribution in [2.45, 2.75) is 56.6 Å². The molecule has 1 aliphatic carbocycles. The van der Waals surface area contributed by atoms with Crippen LogP contribution in [0.3, 0.4) is 0 Å². The van der Waals surface area contributed by atoms with Crippen molar-refractivity contribution < 1.29 is 26.3 Å². The first-order chi connectivity index (χ1) is 18.3. The molecule has 3 heterocycles. The number of rotatable bonds is 9. The fraction of sp³-hybridized carbons (Fsp3) is 0.615. The molecule has 2 atom stereocenters. The summed E-state index contributed by atoms with van der Waals surface area (Å²) in [5, 5.41) is 8.15. The number of aromatic nitrogens is 2. The Kier molecular flexibility index (Phi) is 8.51. The third kappa shape index (κ3) is 6.47. The third-order valence-corrected chi connectivity index (χ3v) is 9.61. The van der Waals surface area contributed by atoms with Gasteiger partial charge in [-0.1, -0.05) is 12.1 Å². The molecule has 3 aliphatic rings. The van der Waals surface area contributed by atoms with Crippen LogP contribution in [0.5, 0.6) is 0 Å². The standard InChI is InChI=1S/C26H34F3N5O3S/c27-22-4-1-3-19(13-22)18-6-8-23(9-7-18)37-17-21-14-33(25-5-2-11-30-31-25)12-10-24(21)32-38(35,36)34-15-20(16-34)26(28)29/h1-5,11,13,18,20-21,23-24,26,32H,6-10,12,14-17H2/t18?,21-,23?,24-/m0/s1. The molecule has 5 rings (SSSR count). The van der Waals surface area contributed by atoms with Gasteiger partial charge in [-0.2, -0.15) is 22.5 Å². The quantitative estimate of drug-likeness (QED) is 0.511. The maximum absolute atomic E-state index is 13.6. The Hall–Kier alpha value is -2.28. The Bertz CT molecular complexity index is 1160. The van der Waals surface area contributed by atoms with E-state index in [1.54, 1.807) is 18.3 Å². The summed E-state index contributed by atoms with van der Waals surface area (Å²) in [5.74, 6) is -0.264. The smallest absolute Gasteiger partial charge is 0.279 e. The SMILES string of the molecule is O=S(=O)(N[C@H]1CCN(c2cccnn2)C[C@H]1COC1CCC(c2cccc(F)c2)CC1)N1CC(C(F)F)C1. The van der Waals surface area contributed by atoms with Crippen molar-refractivity contribution in [1.82, 2.24) is 19.2 Å². The molecule has 1 aromatic heterocycles. The summed E-state index contributed by atoms with van der Waals surface area (Å²) in [6.07, 6.45) is 3.16. The van der Waals surface area contributed by atoms with Gasteiger partial charge in [-0.05, 0) is 67.9 Å². The van der Waals surface area contributed by atoms with Crippen LogP contribution >= 0.6 is 0 Å². The highest BCUT2D eigenvalue weighted by Gasteiger charge is 2.43. The first kappa shape index (κ1) is 27.3. The summed E-state index contributed by atoms with van der Waals surface area (Å²) < 4.78 is 75.4. The van der Waals surface area contributed by atoms with Crippen LogP contribution in [0.15, 0.2) is 42.6 Å². The van der Waals surface area contributed by atoms with Crippen LogP contribution < -0.4 is 9.62 Å². The molecular weight excluding hydrogens is 519 g/mol. The van der Waals surface area contributed by atoms with Gasteiger partial charge in [-0.3, -0.25) is 0 Å². The van der Waals surface area contributed by atoms with Crippen LogP contribution in [0.4, 0.5) is 19.0 Å². The van der Waals surface area contributed by atoms with E-state index in [4.69, 9.17) is 4.74 Å². The summed E-state index contributed by atoms with van der Waals surface area (Å²) in [5.41, 5.74) is 1.02. The molecular formula is C26H34F3N5O3S. The molecule has 1 aromatic carbocycles. The normalized spacial score (nSPS) is 27.4. The topological polar surface area (TPSA) is 87.7 Å². The van der Waals surface area contributed by atoms with Gasteiger partial charge < -0.3 is 9.64 Å². The minimum Gasteiger partial charge on any atom is -0.378 e. The fourth-order valence-electron chi connectivity index (χ4n) is 5.70. The second-order valence-corrected chi connectivity index (χ2v) is 12.3. The Morgan fingerprint density at radius 3 is 2.53 bits per heavy atom. The summed E-state index contributed by atoms with van der Waals surface area (Å²) in [6.45, 7) is 1.15. The lowest BCUT2D eigenvalue weighted by molar-refractivity contribution is -0.00310. The second-order valence-electron chi connectivity index (χ2n) is 10.6. The molecule has 2 saturated heterocycles. The lowest BCUT2D eigenvalue weighted by Gasteiger charge is -2.42. The van der Waals surface area contributed by atoms with Gasteiger partial charge in [-0.15, -0.1) is 5.10 Å². The van der Waals surface area contributed by atoms with E-state index in [1.807, 2.05) is 18.2 Å². The average Bonchev–Trinajstić information content (AvgIpc) is 2.87. The van der Waals surface area contributed by atoms with Crippen LogP contribution in [0, 0.1) is 17.7 Å². The van der Waals surface area contributed by atoms with Gasteiger partial charge in [0.25, 0.3) is 10.2 Å². The van der Waals surface area contributed by atoms with Gasteiger partial charge in [0.1, 0.15) is 5.82 Å². The number of nitrogens with zero attached hydrogens (tertiary/aromatic N) is 4. The highest BCUT2D eigenvalue weighted by Crippen LogP contribution is 2.35. The molecule has 0 amide bonds. The molecule has 208 valence electrons. The van der Waals surface area contributed by atoms with Crippen LogP contribution in [0.25, 0.3) is 0 Å². The van der Waals surface area contributed by atoms with Crippen molar-refractivity contribution in [3.05, 3.63) is 54.0 Å². The molecule has 12 heteroatoms. The van der Waals surface area contributed by atoms with Crippen molar-refractivity contribution in [2.24, 2.45) is 11.8 Å². The van der Waals surface area contributed by atoms with Gasteiger partial charge in [-0.25, -0.2) is 13.2 Å². The van der Waals surface area contributed by atoms with Gasteiger partial charge in [0.05, 0.1) is 12.7 Å². The number of ether oxygens (including phenoxy) is 1. The average molecular weight is 554 g/mol. The highest BCUT2D eigenvalue weighted by molar-refractivity contribution is 7.87. The van der Waals surface area contributed by atoms with E-state index in [0.717, 1.165) is 41.4 Å². The van der Waals surface area contributed by atoms with Crippen molar-refractivity contribution in [1.29, 1.82) is 0 Å². The number of nitrogens with one attached hydrogen (secondary N) is 1. The zero-order valence-corrected chi connectivity index (χ0v) is 21.9. The predicted molar refractivity (Wildman–Crippen MR) is 137 cm³/mol. The van der Waals surface area contributed by atoms with E-state index in [9.17, 15) is 21.6 Å². The zero-order valence-electron chi connectivity index (χ0n) is 21.1. The summed E-state index contributed by atoms with van der Waals surface area (Å²) in [6, 6.07) is 10.1. The van der Waals surface area contributed by atoms with Gasteiger partial charge in [0.15, 0.2) is 5.82 Å². The van der Waals surface area contributed by atoms with Gasteiger partial charge >= 0.3 is 0 Å². The minimum atomic E-state index is -3.87. The molecule has 0 bridgehead atoms. The van der Waals surface area contributed by atoms with Crippen molar-refractivity contribution in [3.63, 3.8) is 0 Å². The molecule has 1 saturated carbocycles. The number of alkyl halides is 2. The van der Waals surface area contributed by atoms with Gasteiger partial charge in [0.2, 0.25) is 6.43 Å². The highest BCUT2D eigenvalue weighted by atomic mass is 32.2. The summed E-state index contributed by atoms with van der Waals surface area (Å²) in [7, 11) is -3.87. The maximum atomic E-state index is 13.6. The second kappa shape index (κ2) is 11.8. The fourth-order valence-corrected chi connectivity index (χ4v) is 7.32. The molecule has 1 N–H and O–H groups in total. The molecule has 38 heavy (non-hydrogen) atoms. The lowest BCUT2D eigenvalue weighted by Crippen LogP contribution is -2.60. The number of halogens is 3. The molecule has 3 fully saturated rings. The van der Waals surface area contributed by atoms with Crippen molar-refractivity contribution >= 4 is 16.0 Å². The molecule has 2 aromatic rings. The van der Waals surface area contributed by atoms with E-state index in [-0.39, 0.29) is 37.0 Å². The first-order valence-electron chi connectivity index (χ1n) is 13.2. The summed E-state index contributed by atoms with van der Waals surface area (Å²) >= 11 is 0. The third-order valence-electron chi connectivity index (χ3n) is 8.03. The van der Waals surface area contributed by atoms with Gasteiger partial charge in [0, 0.05) is 50.3 Å². The Morgan fingerprint density at radius 2 is 1.84 bits per heavy atom. The predicted octanol–water partition coefficient (Wildman–Crippen LogP) is 3.58. The molecule has 2 aliphatic heterocycles. The van der Waals surface area contributed by atoms with Crippen LogP contribution in [0.2, 0.25) is 0 Å². The van der Waals surface area contributed by atoms with Crippen LogP contribution in [0.1, 0.15) is 43.6 Å². The largest absolute Gasteiger partial charge is 0.378 e. The van der Waals surface area contributed by atoms with E-state index in [1.165, 1.54) is 6.07 Å². The minimum absolute atomic E-state index is 0.0474. The number of hydrogen-bond donors (Lipinski definition) is 1. The Morgan fingerprint density at radius 1 is 1.05 bits per heavy atom. The Labute approximate surface area is 221 Å². The molecule has 0 unspecified atom stereocenters. The number of benzene rings is 1.